The van der Waals surface area contributed by atoms with Gasteiger partial charge in [0.25, 0.3) is 5.69 Å². The number of fused-ring (bicyclic) bond motifs is 1. The second-order valence-electron chi connectivity index (χ2n) is 3.24. The van der Waals surface area contributed by atoms with Crippen molar-refractivity contribution in [1.82, 2.24) is 9.38 Å². The van der Waals surface area contributed by atoms with Gasteiger partial charge in [0.05, 0.1) is 20.4 Å². The second kappa shape index (κ2) is 4.34. The average Bonchev–Trinajstić information content (AvgIpc) is 2.61. The summed E-state index contributed by atoms with van der Waals surface area (Å²) in [5, 5.41) is 19.5. The first-order valence-electron chi connectivity index (χ1n) is 4.54. The van der Waals surface area contributed by atoms with Gasteiger partial charge in [-0.15, -0.1) is 0 Å². The van der Waals surface area contributed by atoms with Crippen LogP contribution in [0.4, 0.5) is 5.69 Å². The van der Waals surface area contributed by atoms with E-state index in [0.717, 1.165) is 9.26 Å². The summed E-state index contributed by atoms with van der Waals surface area (Å²) >= 11 is 2.01. The summed E-state index contributed by atoms with van der Waals surface area (Å²) in [5.74, 6) is 0. The molecule has 0 fully saturated rings. The molecule has 0 spiro atoms. The van der Waals surface area contributed by atoms with Crippen molar-refractivity contribution in [1.29, 1.82) is 0 Å². The summed E-state index contributed by atoms with van der Waals surface area (Å²) in [6, 6.07) is 1.48. The van der Waals surface area contributed by atoms with Gasteiger partial charge in [-0.1, -0.05) is 0 Å². The molecule has 0 aromatic carbocycles. The smallest absolute Gasteiger partial charge is 0.287 e. The first-order chi connectivity index (χ1) is 7.61. The Morgan fingerprint density at radius 2 is 2.31 bits per heavy atom. The van der Waals surface area contributed by atoms with Gasteiger partial charge in [-0.3, -0.25) is 14.5 Å². The fraction of sp³-hybridized carbons (Fsp3) is 0.222. The molecule has 6 nitrogen and oxygen atoms in total. The molecule has 0 radical (unpaired) electrons. The summed E-state index contributed by atoms with van der Waals surface area (Å²) < 4.78 is 2.33. The highest BCUT2D eigenvalue weighted by Crippen LogP contribution is 2.20. The zero-order chi connectivity index (χ0) is 11.7. The third-order valence-corrected chi connectivity index (χ3v) is 2.91. The number of aromatic nitrogens is 2. The molecule has 16 heavy (non-hydrogen) atoms. The number of nitro groups is 1. The van der Waals surface area contributed by atoms with Crippen molar-refractivity contribution < 1.29 is 10.0 Å². The first-order valence-corrected chi connectivity index (χ1v) is 5.62. The summed E-state index contributed by atoms with van der Waals surface area (Å²) in [5.41, 5.74) is 1.43. The highest BCUT2D eigenvalue weighted by molar-refractivity contribution is 14.1. The van der Waals surface area contributed by atoms with Crippen LogP contribution in [-0.2, 0) is 6.42 Å². The van der Waals surface area contributed by atoms with E-state index in [4.69, 9.17) is 5.11 Å². The van der Waals surface area contributed by atoms with Crippen molar-refractivity contribution in [3.05, 3.63) is 37.8 Å². The Labute approximate surface area is 104 Å². The van der Waals surface area contributed by atoms with Crippen molar-refractivity contribution in [3.63, 3.8) is 0 Å². The van der Waals surface area contributed by atoms with Crippen LogP contribution in [-0.4, -0.2) is 26.0 Å². The van der Waals surface area contributed by atoms with E-state index in [1.807, 2.05) is 22.6 Å². The Bertz CT molecular complexity index is 552. The molecule has 0 unspecified atom stereocenters. The number of hydrogen-bond donors (Lipinski definition) is 1. The Hall–Kier alpha value is -1.22. The van der Waals surface area contributed by atoms with Crippen LogP contribution in [0.5, 0.6) is 0 Å². The van der Waals surface area contributed by atoms with Crippen molar-refractivity contribution in [2.75, 3.05) is 6.61 Å². The molecule has 84 valence electrons. The van der Waals surface area contributed by atoms with Crippen LogP contribution in [0.15, 0.2) is 18.5 Å². The summed E-state index contributed by atoms with van der Waals surface area (Å²) in [7, 11) is 0. The lowest BCUT2D eigenvalue weighted by Gasteiger charge is -1.96. The molecule has 0 saturated heterocycles. The molecule has 0 saturated carbocycles. The van der Waals surface area contributed by atoms with E-state index in [9.17, 15) is 10.1 Å². The normalized spacial score (nSPS) is 10.9. The number of imidazole rings is 1. The minimum atomic E-state index is -0.437. The molecule has 2 aromatic rings. The van der Waals surface area contributed by atoms with E-state index in [1.165, 1.54) is 12.3 Å². The topological polar surface area (TPSA) is 80.7 Å². The van der Waals surface area contributed by atoms with Crippen LogP contribution in [0.25, 0.3) is 5.65 Å². The third kappa shape index (κ3) is 2.00. The predicted octanol–water partition coefficient (Wildman–Crippen LogP) is 1.38. The van der Waals surface area contributed by atoms with E-state index in [1.54, 1.807) is 10.6 Å². The van der Waals surface area contributed by atoms with Crippen LogP contribution >= 0.6 is 22.6 Å². The van der Waals surface area contributed by atoms with Gasteiger partial charge in [0.15, 0.2) is 5.65 Å². The van der Waals surface area contributed by atoms with E-state index in [0.29, 0.717) is 12.1 Å². The molecular weight excluding hydrogens is 325 g/mol. The minimum Gasteiger partial charge on any atom is -0.396 e. The summed E-state index contributed by atoms with van der Waals surface area (Å²) in [6.45, 7) is 0.0164. The average molecular weight is 333 g/mol. The molecule has 0 amide bonds. The van der Waals surface area contributed by atoms with Crippen LogP contribution in [0, 0.1) is 13.7 Å². The molecule has 0 atom stereocenters. The number of aliphatic hydroxyl groups is 1. The van der Waals surface area contributed by atoms with Gasteiger partial charge in [-0.2, -0.15) is 0 Å². The minimum absolute atomic E-state index is 0.0164. The van der Waals surface area contributed by atoms with Crippen LogP contribution in [0.2, 0.25) is 0 Å². The second-order valence-corrected chi connectivity index (χ2v) is 4.40. The van der Waals surface area contributed by atoms with Gasteiger partial charge in [0.2, 0.25) is 0 Å². The van der Waals surface area contributed by atoms with Crippen molar-refractivity contribution in [2.24, 2.45) is 0 Å². The number of aliphatic hydroxyl groups excluding tert-OH is 1. The van der Waals surface area contributed by atoms with Crippen LogP contribution in [0.1, 0.15) is 5.69 Å². The highest BCUT2D eigenvalue weighted by atomic mass is 127. The molecule has 2 rings (SSSR count). The zero-order valence-electron chi connectivity index (χ0n) is 8.13. The Morgan fingerprint density at radius 1 is 1.56 bits per heavy atom. The Morgan fingerprint density at radius 3 is 2.94 bits per heavy atom. The van der Waals surface area contributed by atoms with Crippen molar-refractivity contribution in [3.8, 4) is 0 Å². The number of nitrogens with zero attached hydrogens (tertiary/aromatic N) is 3. The molecular formula is C9H8IN3O3. The summed E-state index contributed by atoms with van der Waals surface area (Å²) in [4.78, 5) is 14.5. The Balaban J connectivity index is 2.58. The number of halogens is 1. The van der Waals surface area contributed by atoms with Gasteiger partial charge >= 0.3 is 0 Å². The first kappa shape index (κ1) is 11.3. The number of pyridine rings is 1. The molecule has 7 heteroatoms. The van der Waals surface area contributed by atoms with E-state index >= 15 is 0 Å². The van der Waals surface area contributed by atoms with Crippen LogP contribution in [0.3, 0.4) is 0 Å². The largest absolute Gasteiger partial charge is 0.396 e. The zero-order valence-corrected chi connectivity index (χ0v) is 10.3. The molecule has 0 bridgehead atoms. The lowest BCUT2D eigenvalue weighted by atomic mass is 10.4. The van der Waals surface area contributed by atoms with Gasteiger partial charge < -0.3 is 5.11 Å². The highest BCUT2D eigenvalue weighted by Gasteiger charge is 2.12. The fourth-order valence-corrected chi connectivity index (χ4v) is 2.15. The van der Waals surface area contributed by atoms with Crippen molar-refractivity contribution >= 4 is 33.9 Å². The van der Waals surface area contributed by atoms with E-state index < -0.39 is 4.92 Å². The lowest BCUT2D eigenvalue weighted by molar-refractivity contribution is -0.385. The monoisotopic (exact) mass is 333 g/mol. The fourth-order valence-electron chi connectivity index (χ4n) is 1.43. The van der Waals surface area contributed by atoms with Gasteiger partial charge in [-0.05, 0) is 22.6 Å². The van der Waals surface area contributed by atoms with Crippen molar-refractivity contribution in [2.45, 2.75) is 6.42 Å². The standard InChI is InChI=1S/C9H8IN3O3/c10-8-3-7(13(15)16)5-12-4-6(1-2-14)11-9(8)12/h3-5,14H,1-2H2. The van der Waals surface area contributed by atoms with Gasteiger partial charge in [-0.25, -0.2) is 4.98 Å². The van der Waals surface area contributed by atoms with E-state index in [2.05, 4.69) is 4.98 Å². The molecule has 2 heterocycles. The number of rotatable bonds is 3. The Kier molecular flexibility index (Phi) is 3.06. The maximum absolute atomic E-state index is 10.7. The molecule has 2 aromatic heterocycles. The molecule has 0 aliphatic rings. The molecule has 0 aliphatic heterocycles. The molecule has 1 N–H and O–H groups in total. The predicted molar refractivity (Wildman–Crippen MR) is 65.4 cm³/mol. The SMILES string of the molecule is O=[N+]([O-])c1cc(I)c2nc(CCO)cn2c1. The maximum atomic E-state index is 10.7. The van der Waals surface area contributed by atoms with Gasteiger partial charge in [0, 0.05) is 25.3 Å². The number of hydrogen-bond acceptors (Lipinski definition) is 4. The third-order valence-electron chi connectivity index (χ3n) is 2.12. The van der Waals surface area contributed by atoms with Gasteiger partial charge in [0.1, 0.15) is 0 Å². The quantitative estimate of drug-likeness (QED) is 0.523. The lowest BCUT2D eigenvalue weighted by Crippen LogP contribution is -1.93. The van der Waals surface area contributed by atoms with Crippen LogP contribution < -0.4 is 0 Å². The molecule has 0 aliphatic carbocycles. The summed E-state index contributed by atoms with van der Waals surface area (Å²) in [6.07, 6.45) is 3.57. The maximum Gasteiger partial charge on any atom is 0.287 e. The van der Waals surface area contributed by atoms with E-state index in [-0.39, 0.29) is 12.3 Å².